The molecule has 0 spiro atoms. The summed E-state index contributed by atoms with van der Waals surface area (Å²) in [6.07, 6.45) is 7.22. The molecule has 3 rings (SSSR count). The van der Waals surface area contributed by atoms with Gasteiger partial charge in [0.15, 0.2) is 0 Å². The molecule has 32 heavy (non-hydrogen) atoms. The summed E-state index contributed by atoms with van der Waals surface area (Å²) in [4.78, 5) is 20.4. The van der Waals surface area contributed by atoms with Crippen molar-refractivity contribution in [1.82, 2.24) is 14.8 Å². The lowest BCUT2D eigenvalue weighted by Crippen LogP contribution is -2.54. The molecule has 2 atom stereocenters. The van der Waals surface area contributed by atoms with Crippen molar-refractivity contribution in [2.24, 2.45) is 0 Å². The molecule has 7 heteroatoms. The van der Waals surface area contributed by atoms with Gasteiger partial charge < -0.3 is 14.9 Å². The van der Waals surface area contributed by atoms with E-state index in [1.165, 1.54) is 25.7 Å². The lowest BCUT2D eigenvalue weighted by Gasteiger charge is -2.41. The first-order valence-corrected chi connectivity index (χ1v) is 11.8. The number of pyridine rings is 1. The molecule has 1 aromatic carbocycles. The Labute approximate surface area is 191 Å². The number of piperazine rings is 1. The molecule has 0 amide bonds. The first-order valence-electron chi connectivity index (χ1n) is 11.8. The topological polar surface area (TPSA) is 86.1 Å². The van der Waals surface area contributed by atoms with Crippen molar-refractivity contribution >= 4 is 16.9 Å². The summed E-state index contributed by atoms with van der Waals surface area (Å²) in [6.45, 7) is 5.95. The predicted molar refractivity (Wildman–Crippen MR) is 126 cm³/mol. The molecule has 2 aromatic rings. The SMILES string of the molecule is CCCCCCCN1CCN(CC(O)c2ccnc3ccc(OC)cc23)CC1CC(=O)O. The number of aromatic nitrogens is 1. The minimum atomic E-state index is -0.763. The molecule has 0 aliphatic carbocycles. The van der Waals surface area contributed by atoms with Crippen LogP contribution in [0.1, 0.15) is 57.1 Å². The van der Waals surface area contributed by atoms with E-state index in [9.17, 15) is 15.0 Å². The van der Waals surface area contributed by atoms with Crippen molar-refractivity contribution in [3.05, 3.63) is 36.0 Å². The fraction of sp³-hybridized carbons (Fsp3) is 0.600. The van der Waals surface area contributed by atoms with E-state index in [4.69, 9.17) is 4.74 Å². The first-order chi connectivity index (χ1) is 15.5. The van der Waals surface area contributed by atoms with Gasteiger partial charge in [-0.1, -0.05) is 32.6 Å². The van der Waals surface area contributed by atoms with Gasteiger partial charge in [-0.25, -0.2) is 0 Å². The molecule has 7 nitrogen and oxygen atoms in total. The molecule has 2 unspecified atom stereocenters. The van der Waals surface area contributed by atoms with E-state index in [0.717, 1.165) is 48.3 Å². The number of benzene rings is 1. The molecule has 176 valence electrons. The minimum absolute atomic E-state index is 0.0195. The third-order valence-electron chi connectivity index (χ3n) is 6.42. The summed E-state index contributed by atoms with van der Waals surface area (Å²) in [5.41, 5.74) is 1.64. The van der Waals surface area contributed by atoms with Crippen LogP contribution in [0, 0.1) is 0 Å². The molecule has 0 saturated carbocycles. The highest BCUT2D eigenvalue weighted by Gasteiger charge is 2.29. The number of carbonyl (C=O) groups is 1. The number of β-amino-alcohol motifs (C(OH)–C–C–N with tert-alkyl or cyclic N) is 1. The first kappa shape index (κ1) is 24.4. The van der Waals surface area contributed by atoms with Crippen molar-refractivity contribution in [3.8, 4) is 5.75 Å². The number of rotatable bonds is 12. The van der Waals surface area contributed by atoms with Crippen molar-refractivity contribution in [2.45, 2.75) is 57.6 Å². The average Bonchev–Trinajstić information content (AvgIpc) is 2.79. The highest BCUT2D eigenvalue weighted by molar-refractivity contribution is 5.83. The number of hydrogen-bond donors (Lipinski definition) is 2. The van der Waals surface area contributed by atoms with Crippen LogP contribution in [0.25, 0.3) is 10.9 Å². The Balaban J connectivity index is 1.63. The van der Waals surface area contributed by atoms with Gasteiger partial charge in [0.05, 0.1) is 25.2 Å². The Kier molecular flexibility index (Phi) is 9.26. The van der Waals surface area contributed by atoms with Gasteiger partial charge in [-0.05, 0) is 42.8 Å². The van der Waals surface area contributed by atoms with Crippen LogP contribution in [-0.2, 0) is 4.79 Å². The number of aliphatic hydroxyl groups is 1. The smallest absolute Gasteiger partial charge is 0.304 e. The summed E-state index contributed by atoms with van der Waals surface area (Å²) in [6, 6.07) is 7.50. The van der Waals surface area contributed by atoms with Crippen LogP contribution in [0.15, 0.2) is 30.5 Å². The molecule has 1 saturated heterocycles. The van der Waals surface area contributed by atoms with Gasteiger partial charge in [-0.3, -0.25) is 19.6 Å². The Morgan fingerprint density at radius 1 is 1.22 bits per heavy atom. The van der Waals surface area contributed by atoms with Crippen LogP contribution < -0.4 is 4.74 Å². The zero-order valence-electron chi connectivity index (χ0n) is 19.4. The van der Waals surface area contributed by atoms with Gasteiger partial charge >= 0.3 is 5.97 Å². The van der Waals surface area contributed by atoms with Gasteiger partial charge in [-0.2, -0.15) is 0 Å². The van der Waals surface area contributed by atoms with E-state index in [1.54, 1.807) is 13.3 Å². The number of carboxylic acid groups (broad SMARTS) is 1. The standard InChI is InChI=1S/C25H37N3O4/c1-3-4-5-6-7-12-28-14-13-27(17-19(28)15-25(30)31)18-24(29)21-10-11-26-23-9-8-20(32-2)16-22(21)23/h8-11,16,19,24,29H,3-7,12-15,17-18H2,1-2H3,(H,30,31). The number of aliphatic carboxylic acids is 1. The average molecular weight is 444 g/mol. The van der Waals surface area contributed by atoms with Crippen LogP contribution >= 0.6 is 0 Å². The molecular weight excluding hydrogens is 406 g/mol. The highest BCUT2D eigenvalue weighted by Crippen LogP contribution is 2.28. The maximum atomic E-state index is 11.5. The number of fused-ring (bicyclic) bond motifs is 1. The minimum Gasteiger partial charge on any atom is -0.497 e. The number of ether oxygens (including phenoxy) is 1. The van der Waals surface area contributed by atoms with Crippen LogP contribution in [0.2, 0.25) is 0 Å². The van der Waals surface area contributed by atoms with E-state index in [1.807, 2.05) is 24.3 Å². The molecule has 0 bridgehead atoms. The van der Waals surface area contributed by atoms with E-state index >= 15 is 0 Å². The van der Waals surface area contributed by atoms with Crippen LogP contribution in [0.3, 0.4) is 0 Å². The van der Waals surface area contributed by atoms with Gasteiger partial charge in [0, 0.05) is 43.8 Å². The lowest BCUT2D eigenvalue weighted by molar-refractivity contribution is -0.139. The number of unbranched alkanes of at least 4 members (excludes halogenated alkanes) is 4. The van der Waals surface area contributed by atoms with Gasteiger partial charge in [0.25, 0.3) is 0 Å². The Bertz CT molecular complexity index is 875. The third kappa shape index (κ3) is 6.64. The monoisotopic (exact) mass is 443 g/mol. The zero-order valence-corrected chi connectivity index (χ0v) is 19.4. The summed E-state index contributed by atoms with van der Waals surface area (Å²) >= 11 is 0. The van der Waals surface area contributed by atoms with E-state index < -0.39 is 12.1 Å². The molecule has 2 heterocycles. The Morgan fingerprint density at radius 2 is 2.03 bits per heavy atom. The van der Waals surface area contributed by atoms with Crippen LogP contribution in [0.5, 0.6) is 5.75 Å². The van der Waals surface area contributed by atoms with Gasteiger partial charge in [0.2, 0.25) is 0 Å². The van der Waals surface area contributed by atoms with Gasteiger partial charge in [0.1, 0.15) is 5.75 Å². The molecule has 1 fully saturated rings. The molecule has 0 radical (unpaired) electrons. The van der Waals surface area contributed by atoms with E-state index in [2.05, 4.69) is 21.7 Å². The number of aliphatic hydroxyl groups excluding tert-OH is 1. The Morgan fingerprint density at radius 3 is 2.78 bits per heavy atom. The molecule has 2 N–H and O–H groups in total. The fourth-order valence-electron chi connectivity index (χ4n) is 4.64. The summed E-state index contributed by atoms with van der Waals surface area (Å²) in [5, 5.41) is 21.4. The number of hydrogen-bond acceptors (Lipinski definition) is 6. The Hall–Kier alpha value is -2.22. The number of methoxy groups -OCH3 is 1. The molecule has 1 aliphatic rings. The van der Waals surface area contributed by atoms with Crippen LogP contribution in [0.4, 0.5) is 0 Å². The zero-order chi connectivity index (χ0) is 22.9. The summed E-state index contributed by atoms with van der Waals surface area (Å²) in [7, 11) is 1.62. The van der Waals surface area contributed by atoms with Crippen molar-refractivity contribution < 1.29 is 19.7 Å². The van der Waals surface area contributed by atoms with Crippen molar-refractivity contribution in [3.63, 3.8) is 0 Å². The number of carboxylic acids is 1. The van der Waals surface area contributed by atoms with Crippen molar-refractivity contribution in [1.29, 1.82) is 0 Å². The quantitative estimate of drug-likeness (QED) is 0.484. The predicted octanol–water partition coefficient (Wildman–Crippen LogP) is 3.71. The maximum Gasteiger partial charge on any atom is 0.304 e. The molecule has 1 aromatic heterocycles. The second kappa shape index (κ2) is 12.1. The highest BCUT2D eigenvalue weighted by atomic mass is 16.5. The number of nitrogens with zero attached hydrogens (tertiary/aromatic N) is 3. The molecular formula is C25H37N3O4. The second-order valence-electron chi connectivity index (χ2n) is 8.76. The third-order valence-corrected chi connectivity index (χ3v) is 6.42. The van der Waals surface area contributed by atoms with E-state index in [-0.39, 0.29) is 12.5 Å². The normalized spacial score (nSPS) is 18.7. The fourth-order valence-corrected chi connectivity index (χ4v) is 4.64. The molecule has 1 aliphatic heterocycles. The van der Waals surface area contributed by atoms with Gasteiger partial charge in [-0.15, -0.1) is 0 Å². The summed E-state index contributed by atoms with van der Waals surface area (Å²) in [5.74, 6) is -0.0337. The van der Waals surface area contributed by atoms with E-state index in [0.29, 0.717) is 13.1 Å². The largest absolute Gasteiger partial charge is 0.497 e. The summed E-state index contributed by atoms with van der Waals surface area (Å²) < 4.78 is 5.34. The van der Waals surface area contributed by atoms with Crippen molar-refractivity contribution in [2.75, 3.05) is 39.8 Å². The lowest BCUT2D eigenvalue weighted by atomic mass is 10.0. The second-order valence-corrected chi connectivity index (χ2v) is 8.76. The maximum absolute atomic E-state index is 11.5. The van der Waals surface area contributed by atoms with Crippen LogP contribution in [-0.4, -0.2) is 76.8 Å².